The van der Waals surface area contributed by atoms with Crippen molar-refractivity contribution in [1.82, 2.24) is 15.2 Å². The summed E-state index contributed by atoms with van der Waals surface area (Å²) in [6.45, 7) is 2.42. The molecule has 5 N–H and O–H groups in total. The molecule has 2 aliphatic heterocycles. The number of hydrogen-bond donors (Lipinski definition) is 3. The van der Waals surface area contributed by atoms with Gasteiger partial charge in [-0.05, 0) is 62.6 Å². The Morgan fingerprint density at radius 3 is 2.56 bits per heavy atom. The predicted octanol–water partition coefficient (Wildman–Crippen LogP) is 2.58. The third-order valence-electron chi connectivity index (χ3n) is 6.54. The van der Waals surface area contributed by atoms with Crippen LogP contribution in [0.5, 0.6) is 5.75 Å². The molecule has 8 nitrogen and oxygen atoms in total. The molecule has 2 unspecified atom stereocenters. The minimum absolute atomic E-state index is 0.186. The minimum Gasteiger partial charge on any atom is -0.507 e. The molecule has 2 atom stereocenters. The van der Waals surface area contributed by atoms with E-state index < -0.39 is 0 Å². The summed E-state index contributed by atoms with van der Waals surface area (Å²) < 4.78 is 0. The quantitative estimate of drug-likeness (QED) is 0.545. The molecule has 4 heterocycles. The molecule has 3 aromatic rings. The molecule has 166 valence electrons. The third-order valence-corrected chi connectivity index (χ3v) is 6.54. The second kappa shape index (κ2) is 8.63. The van der Waals surface area contributed by atoms with E-state index >= 15 is 0 Å². The topological polar surface area (TPSA) is 117 Å². The summed E-state index contributed by atoms with van der Waals surface area (Å²) in [5, 5.41) is 18.7. The van der Waals surface area contributed by atoms with Crippen molar-refractivity contribution in [2.24, 2.45) is 5.73 Å². The molecule has 8 heteroatoms. The Morgan fingerprint density at radius 1 is 1.03 bits per heavy atom. The number of aromatic hydroxyl groups is 1. The number of phenols is 1. The number of hydrogen-bond acceptors (Lipinski definition) is 8. The van der Waals surface area contributed by atoms with E-state index in [1.54, 1.807) is 12.1 Å². The van der Waals surface area contributed by atoms with Crippen LogP contribution in [0, 0.1) is 0 Å². The van der Waals surface area contributed by atoms with Gasteiger partial charge in [-0.1, -0.05) is 12.1 Å². The van der Waals surface area contributed by atoms with Gasteiger partial charge in [-0.25, -0.2) is 0 Å². The molecule has 2 fully saturated rings. The van der Waals surface area contributed by atoms with Crippen molar-refractivity contribution < 1.29 is 5.11 Å². The molecule has 32 heavy (non-hydrogen) atoms. The zero-order valence-corrected chi connectivity index (χ0v) is 18.1. The second-order valence-corrected chi connectivity index (χ2v) is 8.61. The Hall–Kier alpha value is -3.39. The number of nitrogens with two attached hydrogens (primary N) is 2. The molecule has 2 aromatic heterocycles. The molecule has 0 saturated carbocycles. The Balaban J connectivity index is 1.39. The molecule has 2 saturated heterocycles. The van der Waals surface area contributed by atoms with E-state index in [1.807, 2.05) is 24.4 Å². The molecule has 0 spiro atoms. The summed E-state index contributed by atoms with van der Waals surface area (Å²) >= 11 is 0. The molecule has 0 amide bonds. The molecule has 2 aliphatic rings. The number of nitrogens with zero attached hydrogens (tertiary/aromatic N) is 5. The van der Waals surface area contributed by atoms with Crippen molar-refractivity contribution in [3.8, 4) is 17.0 Å². The summed E-state index contributed by atoms with van der Waals surface area (Å²) in [5.41, 5.74) is 16.4. The first-order chi connectivity index (χ1) is 15.6. The van der Waals surface area contributed by atoms with Crippen LogP contribution < -0.4 is 21.3 Å². The number of benzene rings is 1. The zero-order chi connectivity index (χ0) is 22.1. The summed E-state index contributed by atoms with van der Waals surface area (Å²) in [4.78, 5) is 9.39. The molecule has 1 aromatic carbocycles. The standard InChI is InChI=1S/C24H29N7O/c25-10-3-4-16-12-17(9-11-27-16)31-18-7-8-19(31)15-30(14-18)22-13-21(28-29-24(22)26)20-5-1-2-6-23(20)32/h1-2,5-6,9,11-13,18-19,32H,3-4,7-8,10,14-15,25H2,(H2,26,29). The van der Waals surface area contributed by atoms with Gasteiger partial charge in [-0.3, -0.25) is 4.98 Å². The highest BCUT2D eigenvalue weighted by atomic mass is 16.3. The number of pyridine rings is 1. The van der Waals surface area contributed by atoms with Crippen LogP contribution in [0.25, 0.3) is 11.3 Å². The number of aryl methyl sites for hydroxylation is 1. The smallest absolute Gasteiger partial charge is 0.169 e. The van der Waals surface area contributed by atoms with Crippen LogP contribution in [0.3, 0.4) is 0 Å². The maximum Gasteiger partial charge on any atom is 0.169 e. The summed E-state index contributed by atoms with van der Waals surface area (Å²) in [6, 6.07) is 14.3. The number of piperazine rings is 1. The monoisotopic (exact) mass is 431 g/mol. The van der Waals surface area contributed by atoms with Crippen molar-refractivity contribution in [2.75, 3.05) is 35.2 Å². The number of anilines is 3. The first-order valence-corrected chi connectivity index (χ1v) is 11.2. The minimum atomic E-state index is 0.186. The third kappa shape index (κ3) is 3.82. The van der Waals surface area contributed by atoms with Gasteiger partial charge < -0.3 is 26.4 Å². The van der Waals surface area contributed by atoms with Crippen molar-refractivity contribution in [3.63, 3.8) is 0 Å². The number of nitrogen functional groups attached to an aromatic ring is 1. The Kier molecular flexibility index (Phi) is 5.53. The fourth-order valence-electron chi connectivity index (χ4n) is 5.03. The number of rotatable bonds is 6. The van der Waals surface area contributed by atoms with E-state index in [-0.39, 0.29) is 5.75 Å². The number of fused-ring (bicyclic) bond motifs is 2. The summed E-state index contributed by atoms with van der Waals surface area (Å²) in [5.74, 6) is 0.607. The number of aromatic nitrogens is 3. The van der Waals surface area contributed by atoms with Gasteiger partial charge in [-0.2, -0.15) is 0 Å². The fourth-order valence-corrected chi connectivity index (χ4v) is 5.03. The van der Waals surface area contributed by atoms with Gasteiger partial charge in [0.1, 0.15) is 5.75 Å². The zero-order valence-electron chi connectivity index (χ0n) is 18.1. The number of para-hydroxylation sites is 1. The van der Waals surface area contributed by atoms with E-state index in [2.05, 4.69) is 37.1 Å². The van der Waals surface area contributed by atoms with E-state index in [0.29, 0.717) is 35.7 Å². The largest absolute Gasteiger partial charge is 0.507 e. The van der Waals surface area contributed by atoms with E-state index in [9.17, 15) is 5.11 Å². The van der Waals surface area contributed by atoms with Gasteiger partial charge >= 0.3 is 0 Å². The van der Waals surface area contributed by atoms with Crippen LogP contribution >= 0.6 is 0 Å². The van der Waals surface area contributed by atoms with Gasteiger partial charge in [0.25, 0.3) is 0 Å². The highest BCUT2D eigenvalue weighted by Gasteiger charge is 2.40. The summed E-state index contributed by atoms with van der Waals surface area (Å²) in [6.07, 6.45) is 6.06. The van der Waals surface area contributed by atoms with Crippen molar-refractivity contribution in [1.29, 1.82) is 0 Å². The maximum atomic E-state index is 10.2. The van der Waals surface area contributed by atoms with Gasteiger partial charge in [0.05, 0.1) is 11.4 Å². The summed E-state index contributed by atoms with van der Waals surface area (Å²) in [7, 11) is 0. The lowest BCUT2D eigenvalue weighted by Crippen LogP contribution is -2.54. The van der Waals surface area contributed by atoms with Gasteiger partial charge in [0.15, 0.2) is 5.82 Å². The molecule has 5 rings (SSSR count). The lowest BCUT2D eigenvalue weighted by atomic mass is 10.1. The van der Waals surface area contributed by atoms with E-state index in [0.717, 1.165) is 50.2 Å². The van der Waals surface area contributed by atoms with Crippen molar-refractivity contribution in [3.05, 3.63) is 54.4 Å². The Morgan fingerprint density at radius 2 is 1.81 bits per heavy atom. The highest BCUT2D eigenvalue weighted by molar-refractivity contribution is 5.74. The Bertz CT molecular complexity index is 1090. The van der Waals surface area contributed by atoms with Crippen LogP contribution in [-0.2, 0) is 6.42 Å². The lowest BCUT2D eigenvalue weighted by molar-refractivity contribution is 0.477. The average Bonchev–Trinajstić information content (AvgIpc) is 3.08. The van der Waals surface area contributed by atoms with Gasteiger partial charge in [0, 0.05) is 48.3 Å². The van der Waals surface area contributed by atoms with Crippen LogP contribution in [0.4, 0.5) is 17.2 Å². The molecule has 2 bridgehead atoms. The first-order valence-electron chi connectivity index (χ1n) is 11.2. The van der Waals surface area contributed by atoms with Crippen LogP contribution in [0.1, 0.15) is 25.0 Å². The normalized spacial score (nSPS) is 20.0. The van der Waals surface area contributed by atoms with Gasteiger partial charge in [0.2, 0.25) is 0 Å². The van der Waals surface area contributed by atoms with Crippen LogP contribution in [0.2, 0.25) is 0 Å². The van der Waals surface area contributed by atoms with Crippen molar-refractivity contribution >= 4 is 17.2 Å². The Labute approximate surface area is 187 Å². The fraction of sp³-hybridized carbons (Fsp3) is 0.375. The van der Waals surface area contributed by atoms with Crippen LogP contribution in [0.15, 0.2) is 48.7 Å². The highest BCUT2D eigenvalue weighted by Crippen LogP contribution is 2.39. The lowest BCUT2D eigenvalue weighted by Gasteiger charge is -2.43. The molecular formula is C24H29N7O. The number of phenolic OH excluding ortho intramolecular Hbond substituents is 1. The average molecular weight is 432 g/mol. The SMILES string of the molecule is NCCCc1cc(N2C3CCC2CN(c2cc(-c4ccccc4O)nnc2N)C3)ccn1. The molecular weight excluding hydrogens is 402 g/mol. The predicted molar refractivity (Wildman–Crippen MR) is 127 cm³/mol. The van der Waals surface area contributed by atoms with Crippen molar-refractivity contribution in [2.45, 2.75) is 37.8 Å². The molecule has 0 aliphatic carbocycles. The maximum absolute atomic E-state index is 10.2. The van der Waals surface area contributed by atoms with E-state index in [4.69, 9.17) is 11.5 Å². The molecule has 0 radical (unpaired) electrons. The second-order valence-electron chi connectivity index (χ2n) is 8.61. The van der Waals surface area contributed by atoms with Gasteiger partial charge in [-0.15, -0.1) is 10.2 Å². The van der Waals surface area contributed by atoms with E-state index in [1.165, 1.54) is 5.69 Å². The van der Waals surface area contributed by atoms with Crippen LogP contribution in [-0.4, -0.2) is 52.0 Å². The first kappa shape index (κ1) is 20.5.